The first-order chi connectivity index (χ1) is 9.09. The highest BCUT2D eigenvalue weighted by atomic mass is 79.9. The largest absolute Gasteiger partial charge is 0.476 e. The molecule has 2 aromatic heterocycles. The van der Waals surface area contributed by atoms with Gasteiger partial charge < -0.3 is 14.7 Å². The Kier molecular flexibility index (Phi) is 2.67. The molecular weight excluding hydrogens is 310 g/mol. The monoisotopic (exact) mass is 319 g/mol. The Hall–Kier alpha value is -2.08. The van der Waals surface area contributed by atoms with Gasteiger partial charge in [-0.1, -0.05) is 18.2 Å². The third kappa shape index (κ3) is 1.76. The van der Waals surface area contributed by atoms with Crippen molar-refractivity contribution < 1.29 is 9.90 Å². The Morgan fingerprint density at radius 2 is 2.16 bits per heavy atom. The lowest BCUT2D eigenvalue weighted by Gasteiger charge is -2.00. The van der Waals surface area contributed by atoms with Crippen LogP contribution >= 0.6 is 15.9 Å². The number of imidazole rings is 1. The number of hydrogen-bond donors (Lipinski definition) is 2. The smallest absolute Gasteiger partial charge is 0.357 e. The molecule has 0 unspecified atom stereocenters. The number of halogens is 1. The number of aromatic amines is 1. The van der Waals surface area contributed by atoms with Crippen molar-refractivity contribution >= 4 is 32.8 Å². The van der Waals surface area contributed by atoms with Gasteiger partial charge in [0.2, 0.25) is 0 Å². The van der Waals surface area contributed by atoms with Crippen molar-refractivity contribution in [3.05, 3.63) is 40.8 Å². The van der Waals surface area contributed by atoms with Crippen molar-refractivity contribution in [2.45, 2.75) is 0 Å². The van der Waals surface area contributed by atoms with Crippen LogP contribution in [-0.2, 0) is 7.05 Å². The quantitative estimate of drug-likeness (QED) is 0.762. The van der Waals surface area contributed by atoms with Crippen LogP contribution in [0, 0.1) is 0 Å². The third-order valence-corrected chi connectivity index (χ3v) is 3.97. The van der Waals surface area contributed by atoms with Crippen LogP contribution in [0.3, 0.4) is 0 Å². The zero-order valence-electron chi connectivity index (χ0n) is 10.0. The number of hydrogen-bond acceptors (Lipinski definition) is 2. The zero-order chi connectivity index (χ0) is 13.6. The maximum Gasteiger partial charge on any atom is 0.357 e. The van der Waals surface area contributed by atoms with Crippen molar-refractivity contribution in [2.24, 2.45) is 7.05 Å². The Morgan fingerprint density at radius 3 is 2.84 bits per heavy atom. The van der Waals surface area contributed by atoms with Gasteiger partial charge >= 0.3 is 5.97 Å². The van der Waals surface area contributed by atoms with Crippen LogP contribution in [-0.4, -0.2) is 25.6 Å². The number of carboxylic acid groups (broad SMARTS) is 1. The first kappa shape index (κ1) is 12.0. The van der Waals surface area contributed by atoms with Gasteiger partial charge in [-0.15, -0.1) is 0 Å². The first-order valence-electron chi connectivity index (χ1n) is 5.61. The van der Waals surface area contributed by atoms with E-state index in [2.05, 4.69) is 25.9 Å². The fourth-order valence-electron chi connectivity index (χ4n) is 2.11. The van der Waals surface area contributed by atoms with Gasteiger partial charge in [0.25, 0.3) is 0 Å². The van der Waals surface area contributed by atoms with Crippen molar-refractivity contribution in [3.63, 3.8) is 0 Å². The molecule has 3 rings (SSSR count). The normalized spacial score (nSPS) is 11.1. The molecule has 0 aliphatic rings. The number of aromatic carboxylic acids is 1. The average molecular weight is 320 g/mol. The van der Waals surface area contributed by atoms with Crippen molar-refractivity contribution in [1.29, 1.82) is 0 Å². The number of aromatic nitrogens is 3. The summed E-state index contributed by atoms with van der Waals surface area (Å²) >= 11 is 3.26. The molecule has 0 atom stereocenters. The minimum Gasteiger partial charge on any atom is -0.476 e. The van der Waals surface area contributed by atoms with E-state index in [0.29, 0.717) is 10.4 Å². The van der Waals surface area contributed by atoms with Crippen molar-refractivity contribution in [1.82, 2.24) is 14.5 Å². The predicted molar refractivity (Wildman–Crippen MR) is 75.2 cm³/mol. The van der Waals surface area contributed by atoms with Gasteiger partial charge in [0, 0.05) is 29.7 Å². The number of H-pyrrole nitrogens is 1. The highest BCUT2D eigenvalue weighted by Gasteiger charge is 2.20. The highest BCUT2D eigenvalue weighted by Crippen LogP contribution is 2.30. The van der Waals surface area contributed by atoms with Crippen LogP contribution in [0.1, 0.15) is 10.5 Å². The van der Waals surface area contributed by atoms with Crippen LogP contribution in [0.25, 0.3) is 22.3 Å². The Labute approximate surface area is 117 Å². The van der Waals surface area contributed by atoms with Gasteiger partial charge in [0.05, 0.1) is 0 Å². The molecule has 3 aromatic rings. The van der Waals surface area contributed by atoms with Crippen LogP contribution < -0.4 is 0 Å². The van der Waals surface area contributed by atoms with Gasteiger partial charge in [0.1, 0.15) is 10.4 Å². The fraction of sp³-hybridized carbons (Fsp3) is 0.0769. The van der Waals surface area contributed by atoms with Gasteiger partial charge in [-0.2, -0.15) is 0 Å². The summed E-state index contributed by atoms with van der Waals surface area (Å²) in [6.45, 7) is 0. The number of nitrogens with zero attached hydrogens (tertiary/aromatic N) is 2. The zero-order valence-corrected chi connectivity index (χ0v) is 11.6. The minimum atomic E-state index is -1.05. The van der Waals surface area contributed by atoms with E-state index < -0.39 is 5.97 Å². The number of carbonyl (C=O) groups is 1. The average Bonchev–Trinajstić information content (AvgIpc) is 2.93. The van der Waals surface area contributed by atoms with Crippen molar-refractivity contribution in [2.75, 3.05) is 0 Å². The van der Waals surface area contributed by atoms with E-state index in [1.807, 2.05) is 30.5 Å². The van der Waals surface area contributed by atoms with E-state index in [1.54, 1.807) is 11.6 Å². The van der Waals surface area contributed by atoms with E-state index in [1.165, 1.54) is 0 Å². The molecule has 0 bridgehead atoms. The number of para-hydroxylation sites is 1. The molecule has 0 aliphatic heterocycles. The lowest BCUT2D eigenvalue weighted by molar-refractivity contribution is 0.0690. The third-order valence-electron chi connectivity index (χ3n) is 3.06. The van der Waals surface area contributed by atoms with Crippen LogP contribution in [0.4, 0.5) is 0 Å². The van der Waals surface area contributed by atoms with Gasteiger partial charge in [-0.3, -0.25) is 0 Å². The molecule has 5 nitrogen and oxygen atoms in total. The summed E-state index contributed by atoms with van der Waals surface area (Å²) in [7, 11) is 1.78. The minimum absolute atomic E-state index is 0.0165. The second-order valence-corrected chi connectivity index (χ2v) is 4.94. The van der Waals surface area contributed by atoms with E-state index in [9.17, 15) is 4.79 Å². The maximum absolute atomic E-state index is 11.1. The SMILES string of the molecule is Cn1c(-c2c[nH]c3ccccc23)nc(C(=O)O)c1Br. The summed E-state index contributed by atoms with van der Waals surface area (Å²) in [5, 5.41) is 10.1. The molecule has 19 heavy (non-hydrogen) atoms. The Morgan fingerprint density at radius 1 is 1.42 bits per heavy atom. The molecule has 1 aromatic carbocycles. The highest BCUT2D eigenvalue weighted by molar-refractivity contribution is 9.10. The number of carboxylic acids is 1. The molecule has 0 saturated heterocycles. The number of fused-ring (bicyclic) bond motifs is 1. The molecule has 0 spiro atoms. The van der Waals surface area contributed by atoms with Crippen LogP contribution in [0.15, 0.2) is 35.1 Å². The molecule has 2 heterocycles. The van der Waals surface area contributed by atoms with Crippen LogP contribution in [0.5, 0.6) is 0 Å². The van der Waals surface area contributed by atoms with Gasteiger partial charge in [0.15, 0.2) is 5.69 Å². The molecule has 0 fully saturated rings. The molecule has 6 heteroatoms. The van der Waals surface area contributed by atoms with E-state index in [4.69, 9.17) is 5.11 Å². The summed E-state index contributed by atoms with van der Waals surface area (Å²) in [5.41, 5.74) is 1.89. The Bertz CT molecular complexity index is 788. The summed E-state index contributed by atoms with van der Waals surface area (Å²) in [4.78, 5) is 18.5. The fourth-order valence-corrected chi connectivity index (χ4v) is 2.54. The maximum atomic E-state index is 11.1. The topological polar surface area (TPSA) is 70.9 Å². The van der Waals surface area contributed by atoms with Crippen LogP contribution in [0.2, 0.25) is 0 Å². The molecular formula is C13H10BrN3O2. The number of nitrogens with one attached hydrogen (secondary N) is 1. The van der Waals surface area contributed by atoms with E-state index in [0.717, 1.165) is 16.5 Å². The second kappa shape index (κ2) is 4.24. The summed E-state index contributed by atoms with van der Waals surface area (Å²) in [6.07, 6.45) is 1.84. The van der Waals surface area contributed by atoms with Gasteiger partial charge in [-0.25, -0.2) is 9.78 Å². The van der Waals surface area contributed by atoms with Gasteiger partial charge in [-0.05, 0) is 22.0 Å². The molecule has 0 aliphatic carbocycles. The molecule has 0 amide bonds. The van der Waals surface area contributed by atoms with E-state index in [-0.39, 0.29) is 5.69 Å². The lowest BCUT2D eigenvalue weighted by Crippen LogP contribution is -1.97. The standard InChI is InChI=1S/C13H10BrN3O2/c1-17-11(14)10(13(18)19)16-12(17)8-6-15-9-5-3-2-4-7(8)9/h2-6,15H,1H3,(H,18,19). The molecule has 0 radical (unpaired) electrons. The molecule has 96 valence electrons. The summed E-state index contributed by atoms with van der Waals surface area (Å²) in [5.74, 6) is -0.435. The lowest BCUT2D eigenvalue weighted by atomic mass is 10.1. The summed E-state index contributed by atoms with van der Waals surface area (Å²) in [6, 6.07) is 7.83. The number of rotatable bonds is 2. The van der Waals surface area contributed by atoms with Crippen molar-refractivity contribution in [3.8, 4) is 11.4 Å². The van der Waals surface area contributed by atoms with E-state index >= 15 is 0 Å². The number of benzene rings is 1. The predicted octanol–water partition coefficient (Wildman–Crippen LogP) is 3.03. The first-order valence-corrected chi connectivity index (χ1v) is 6.41. The summed E-state index contributed by atoms with van der Waals surface area (Å²) < 4.78 is 2.18. The second-order valence-electron chi connectivity index (χ2n) is 4.19. The molecule has 2 N–H and O–H groups in total. The Balaban J connectivity index is 2.28. The molecule has 0 saturated carbocycles.